The van der Waals surface area contributed by atoms with E-state index in [1.54, 1.807) is 24.3 Å². The van der Waals surface area contributed by atoms with Gasteiger partial charge < -0.3 is 5.32 Å². The van der Waals surface area contributed by atoms with E-state index in [4.69, 9.17) is 0 Å². The number of thioether (sulfide) groups is 1. The van der Waals surface area contributed by atoms with Gasteiger partial charge in [-0.1, -0.05) is 43.8 Å². The molecule has 0 atom stereocenters. The van der Waals surface area contributed by atoms with Crippen molar-refractivity contribution in [1.29, 1.82) is 0 Å². The first-order valence-corrected chi connectivity index (χ1v) is 11.6. The third-order valence-electron chi connectivity index (χ3n) is 5.03. The van der Waals surface area contributed by atoms with Gasteiger partial charge in [0.1, 0.15) is 5.82 Å². The molecule has 0 aliphatic heterocycles. The van der Waals surface area contributed by atoms with E-state index >= 15 is 0 Å². The standard InChI is InChI=1S/C24H26N4O2S/c1-16(2)14-22(30)25-19-12-10-17(11-13-19)21(29)15-31-24-27-26-23(18-8-9-18)28(24)20-6-4-3-5-7-20/h3-7,10-13,16,18H,8-9,14-15H2,1-2H3,(H,25,30). The third-order valence-corrected chi connectivity index (χ3v) is 5.96. The molecular weight excluding hydrogens is 408 g/mol. The Kier molecular flexibility index (Phi) is 6.51. The molecule has 1 aliphatic carbocycles. The van der Waals surface area contributed by atoms with Crippen molar-refractivity contribution in [3.63, 3.8) is 0 Å². The quantitative estimate of drug-likeness (QED) is 0.374. The predicted molar refractivity (Wildman–Crippen MR) is 123 cm³/mol. The zero-order valence-corrected chi connectivity index (χ0v) is 18.6. The van der Waals surface area contributed by atoms with Crippen LogP contribution in [0.4, 0.5) is 5.69 Å². The summed E-state index contributed by atoms with van der Waals surface area (Å²) in [5.74, 6) is 2.00. The number of carbonyl (C=O) groups excluding carboxylic acids is 2. The SMILES string of the molecule is CC(C)CC(=O)Nc1ccc(C(=O)CSc2nnc(C3CC3)n2-c2ccccc2)cc1. The molecule has 1 N–H and O–H groups in total. The Labute approximate surface area is 186 Å². The summed E-state index contributed by atoms with van der Waals surface area (Å²) in [6.07, 6.45) is 2.74. The molecule has 0 spiro atoms. The first-order valence-electron chi connectivity index (χ1n) is 10.6. The highest BCUT2D eigenvalue weighted by Gasteiger charge is 2.31. The summed E-state index contributed by atoms with van der Waals surface area (Å²) in [7, 11) is 0. The number of nitrogens with one attached hydrogen (secondary N) is 1. The first-order chi connectivity index (χ1) is 15.0. The van der Waals surface area contributed by atoms with Gasteiger partial charge in [-0.2, -0.15) is 0 Å². The molecule has 1 amide bonds. The van der Waals surface area contributed by atoms with Gasteiger partial charge in [0.25, 0.3) is 0 Å². The molecule has 7 heteroatoms. The van der Waals surface area contributed by atoms with E-state index in [-0.39, 0.29) is 17.4 Å². The lowest BCUT2D eigenvalue weighted by atomic mass is 10.1. The van der Waals surface area contributed by atoms with Crippen molar-refractivity contribution in [1.82, 2.24) is 14.8 Å². The second-order valence-electron chi connectivity index (χ2n) is 8.22. The van der Waals surface area contributed by atoms with Crippen molar-refractivity contribution in [2.24, 2.45) is 5.92 Å². The fourth-order valence-electron chi connectivity index (χ4n) is 3.34. The fraction of sp³-hybridized carbons (Fsp3) is 0.333. The van der Waals surface area contributed by atoms with Gasteiger partial charge in [-0.25, -0.2) is 0 Å². The number of hydrogen-bond donors (Lipinski definition) is 1. The first kappa shape index (κ1) is 21.3. The van der Waals surface area contributed by atoms with Crippen LogP contribution in [0, 0.1) is 5.92 Å². The van der Waals surface area contributed by atoms with Gasteiger partial charge in [-0.15, -0.1) is 10.2 Å². The van der Waals surface area contributed by atoms with Gasteiger partial charge in [0.15, 0.2) is 10.9 Å². The maximum Gasteiger partial charge on any atom is 0.224 e. The van der Waals surface area contributed by atoms with Crippen LogP contribution < -0.4 is 5.32 Å². The number of ketones is 1. The number of nitrogens with zero attached hydrogens (tertiary/aromatic N) is 3. The van der Waals surface area contributed by atoms with Crippen LogP contribution >= 0.6 is 11.8 Å². The predicted octanol–water partition coefficient (Wildman–Crippen LogP) is 5.10. The summed E-state index contributed by atoms with van der Waals surface area (Å²) in [5, 5.41) is 12.4. The lowest BCUT2D eigenvalue weighted by Crippen LogP contribution is -2.14. The van der Waals surface area contributed by atoms with Crippen molar-refractivity contribution in [2.75, 3.05) is 11.1 Å². The van der Waals surface area contributed by atoms with Crippen LogP contribution in [0.5, 0.6) is 0 Å². The van der Waals surface area contributed by atoms with Gasteiger partial charge in [0.05, 0.1) is 5.75 Å². The number of carbonyl (C=O) groups is 2. The summed E-state index contributed by atoms with van der Waals surface area (Å²) < 4.78 is 2.07. The molecule has 1 saturated carbocycles. The smallest absolute Gasteiger partial charge is 0.224 e. The van der Waals surface area contributed by atoms with Crippen molar-refractivity contribution < 1.29 is 9.59 Å². The molecule has 2 aromatic carbocycles. The Hall–Kier alpha value is -2.93. The number of anilines is 1. The summed E-state index contributed by atoms with van der Waals surface area (Å²) in [5.41, 5.74) is 2.33. The molecule has 1 heterocycles. The Bertz CT molecular complexity index is 1060. The van der Waals surface area contributed by atoms with E-state index < -0.39 is 0 Å². The van der Waals surface area contributed by atoms with Crippen LogP contribution in [0.1, 0.15) is 55.2 Å². The number of benzene rings is 2. The van der Waals surface area contributed by atoms with Crippen LogP contribution in [-0.4, -0.2) is 32.2 Å². The largest absolute Gasteiger partial charge is 0.326 e. The highest BCUT2D eigenvalue weighted by atomic mass is 32.2. The van der Waals surface area contributed by atoms with Gasteiger partial charge >= 0.3 is 0 Å². The second kappa shape index (κ2) is 9.47. The lowest BCUT2D eigenvalue weighted by Gasteiger charge is -2.10. The maximum absolute atomic E-state index is 12.7. The molecule has 31 heavy (non-hydrogen) atoms. The van der Waals surface area contributed by atoms with Crippen LogP contribution in [0.2, 0.25) is 0 Å². The number of para-hydroxylation sites is 1. The minimum Gasteiger partial charge on any atom is -0.326 e. The number of Topliss-reactive ketones (excluding diaryl/α,β-unsaturated/α-hetero) is 1. The number of rotatable bonds is 9. The average molecular weight is 435 g/mol. The highest BCUT2D eigenvalue weighted by Crippen LogP contribution is 2.41. The molecule has 160 valence electrons. The average Bonchev–Trinajstić information content (AvgIpc) is 3.51. The molecule has 0 saturated heterocycles. The minimum atomic E-state index is -0.0173. The monoisotopic (exact) mass is 434 g/mol. The van der Waals surface area contributed by atoms with E-state index in [0.29, 0.717) is 29.5 Å². The second-order valence-corrected chi connectivity index (χ2v) is 9.16. The van der Waals surface area contributed by atoms with E-state index in [9.17, 15) is 9.59 Å². The minimum absolute atomic E-state index is 0.0145. The zero-order chi connectivity index (χ0) is 21.8. The molecule has 0 bridgehead atoms. The van der Waals surface area contributed by atoms with Crippen LogP contribution in [0.15, 0.2) is 59.8 Å². The van der Waals surface area contributed by atoms with Crippen LogP contribution in [0.3, 0.4) is 0 Å². The van der Waals surface area contributed by atoms with Gasteiger partial charge in [0.2, 0.25) is 5.91 Å². The fourth-order valence-corrected chi connectivity index (χ4v) is 4.19. The van der Waals surface area contributed by atoms with Crippen LogP contribution in [-0.2, 0) is 4.79 Å². The molecule has 3 aromatic rings. The number of amides is 1. The highest BCUT2D eigenvalue weighted by molar-refractivity contribution is 7.99. The van der Waals surface area contributed by atoms with Gasteiger partial charge in [-0.3, -0.25) is 14.2 Å². The Balaban J connectivity index is 1.42. The van der Waals surface area contributed by atoms with Crippen molar-refractivity contribution in [3.05, 3.63) is 66.0 Å². The zero-order valence-electron chi connectivity index (χ0n) is 17.7. The van der Waals surface area contributed by atoms with E-state index in [2.05, 4.69) is 20.1 Å². The lowest BCUT2D eigenvalue weighted by molar-refractivity contribution is -0.116. The summed E-state index contributed by atoms with van der Waals surface area (Å²) in [6.45, 7) is 4.01. The van der Waals surface area contributed by atoms with E-state index in [0.717, 1.165) is 29.5 Å². The van der Waals surface area contributed by atoms with E-state index in [1.807, 2.05) is 44.2 Å². The normalized spacial score (nSPS) is 13.4. The molecule has 0 radical (unpaired) electrons. The van der Waals surface area contributed by atoms with Crippen molar-refractivity contribution in [3.8, 4) is 5.69 Å². The Morgan fingerprint density at radius 1 is 1.06 bits per heavy atom. The number of hydrogen-bond acceptors (Lipinski definition) is 5. The van der Waals surface area contributed by atoms with Crippen molar-refractivity contribution >= 4 is 29.1 Å². The Morgan fingerprint density at radius 3 is 2.42 bits per heavy atom. The van der Waals surface area contributed by atoms with E-state index in [1.165, 1.54) is 11.8 Å². The van der Waals surface area contributed by atoms with Crippen molar-refractivity contribution in [2.45, 2.75) is 44.2 Å². The third kappa shape index (κ3) is 5.41. The summed E-state index contributed by atoms with van der Waals surface area (Å²) in [6, 6.07) is 17.1. The molecule has 4 rings (SSSR count). The summed E-state index contributed by atoms with van der Waals surface area (Å²) >= 11 is 1.40. The molecule has 1 aliphatic rings. The van der Waals surface area contributed by atoms with Gasteiger partial charge in [-0.05, 0) is 55.2 Å². The molecule has 1 fully saturated rings. The molecule has 0 unspecified atom stereocenters. The molecular formula is C24H26N4O2S. The van der Waals surface area contributed by atoms with Crippen LogP contribution in [0.25, 0.3) is 5.69 Å². The van der Waals surface area contributed by atoms with Gasteiger partial charge in [0, 0.05) is 29.3 Å². The summed E-state index contributed by atoms with van der Waals surface area (Å²) in [4.78, 5) is 24.6. The maximum atomic E-state index is 12.7. The number of aromatic nitrogens is 3. The molecule has 1 aromatic heterocycles. The topological polar surface area (TPSA) is 76.9 Å². The Morgan fingerprint density at radius 2 is 1.77 bits per heavy atom. The molecule has 6 nitrogen and oxygen atoms in total.